The predicted molar refractivity (Wildman–Crippen MR) is 139 cm³/mol. The lowest BCUT2D eigenvalue weighted by Crippen LogP contribution is -2.36. The number of rotatable bonds is 8. The second kappa shape index (κ2) is 10.8. The molecule has 0 bridgehead atoms. The number of hydrogen-bond donors (Lipinski definition) is 1. The molecule has 0 spiro atoms. The van der Waals surface area contributed by atoms with Gasteiger partial charge in [0.1, 0.15) is 11.1 Å². The molecule has 1 N–H and O–H groups in total. The van der Waals surface area contributed by atoms with Gasteiger partial charge < -0.3 is 14.8 Å². The number of hydrogen-bond acceptors (Lipinski definition) is 3. The standard InChI is InChI=1S/C29H29N3O3/c1-3-30-28(34)25-19-32(17-16-21-10-5-4-6-11-21)20-26(27(25)33)29(35)31(2)18-23-14-9-13-22-12-7-8-15-24(22)23/h4-15,19-20H,3,16-18H2,1-2H3,(H,30,34). The molecule has 35 heavy (non-hydrogen) atoms. The van der Waals surface area contributed by atoms with Crippen molar-refractivity contribution in [3.8, 4) is 0 Å². The zero-order chi connectivity index (χ0) is 24.8. The molecule has 178 valence electrons. The molecule has 0 saturated carbocycles. The van der Waals surface area contributed by atoms with E-state index >= 15 is 0 Å². The summed E-state index contributed by atoms with van der Waals surface area (Å²) in [5, 5.41) is 4.83. The van der Waals surface area contributed by atoms with E-state index in [1.807, 2.05) is 72.8 Å². The maximum atomic E-state index is 13.4. The zero-order valence-electron chi connectivity index (χ0n) is 20.0. The normalized spacial score (nSPS) is 10.8. The van der Waals surface area contributed by atoms with Crippen molar-refractivity contribution in [3.63, 3.8) is 0 Å². The molecule has 0 saturated heterocycles. The molecular weight excluding hydrogens is 438 g/mol. The van der Waals surface area contributed by atoms with E-state index in [4.69, 9.17) is 0 Å². The van der Waals surface area contributed by atoms with Crippen LogP contribution >= 0.6 is 0 Å². The van der Waals surface area contributed by atoms with Crippen LogP contribution in [0.15, 0.2) is 90.0 Å². The number of amides is 2. The van der Waals surface area contributed by atoms with Crippen molar-refractivity contribution >= 4 is 22.6 Å². The van der Waals surface area contributed by atoms with Crippen LogP contribution in [0.5, 0.6) is 0 Å². The monoisotopic (exact) mass is 467 g/mol. The van der Waals surface area contributed by atoms with Gasteiger partial charge in [-0.1, -0.05) is 72.8 Å². The Bertz CT molecular complexity index is 1400. The van der Waals surface area contributed by atoms with E-state index in [9.17, 15) is 14.4 Å². The fourth-order valence-electron chi connectivity index (χ4n) is 4.20. The van der Waals surface area contributed by atoms with Crippen LogP contribution < -0.4 is 10.7 Å². The Morgan fingerprint density at radius 3 is 2.34 bits per heavy atom. The Morgan fingerprint density at radius 2 is 1.57 bits per heavy atom. The highest BCUT2D eigenvalue weighted by molar-refractivity contribution is 5.99. The summed E-state index contributed by atoms with van der Waals surface area (Å²) >= 11 is 0. The van der Waals surface area contributed by atoms with Gasteiger partial charge in [-0.15, -0.1) is 0 Å². The predicted octanol–water partition coefficient (Wildman–Crippen LogP) is 4.27. The van der Waals surface area contributed by atoms with Crippen molar-refractivity contribution in [1.29, 1.82) is 0 Å². The summed E-state index contributed by atoms with van der Waals surface area (Å²) in [7, 11) is 1.68. The van der Waals surface area contributed by atoms with Crippen LogP contribution in [-0.2, 0) is 19.5 Å². The zero-order valence-corrected chi connectivity index (χ0v) is 20.0. The summed E-state index contributed by atoms with van der Waals surface area (Å²) in [4.78, 5) is 40.8. The largest absolute Gasteiger partial charge is 0.352 e. The van der Waals surface area contributed by atoms with Crippen molar-refractivity contribution in [2.45, 2.75) is 26.4 Å². The van der Waals surface area contributed by atoms with Crippen molar-refractivity contribution in [3.05, 3.63) is 118 Å². The molecule has 0 fully saturated rings. The van der Waals surface area contributed by atoms with Crippen LogP contribution in [0.2, 0.25) is 0 Å². The average Bonchev–Trinajstić information content (AvgIpc) is 2.88. The molecule has 1 heterocycles. The average molecular weight is 468 g/mol. The molecule has 0 atom stereocenters. The number of fused-ring (bicyclic) bond motifs is 1. The Labute approximate surface area is 204 Å². The Hall–Kier alpha value is -4.19. The minimum Gasteiger partial charge on any atom is -0.352 e. The number of benzene rings is 3. The van der Waals surface area contributed by atoms with Crippen molar-refractivity contribution < 1.29 is 9.59 Å². The van der Waals surface area contributed by atoms with E-state index in [-0.39, 0.29) is 11.1 Å². The van der Waals surface area contributed by atoms with Gasteiger partial charge in [-0.05, 0) is 35.2 Å². The SMILES string of the molecule is CCNC(=O)c1cn(CCc2ccccc2)cc(C(=O)N(C)Cc2cccc3ccccc23)c1=O. The van der Waals surface area contributed by atoms with Gasteiger partial charge in [-0.2, -0.15) is 0 Å². The number of aromatic nitrogens is 1. The van der Waals surface area contributed by atoms with Gasteiger partial charge in [-0.25, -0.2) is 0 Å². The van der Waals surface area contributed by atoms with Crippen LogP contribution in [0.1, 0.15) is 38.8 Å². The first kappa shape index (κ1) is 24.0. The molecule has 6 nitrogen and oxygen atoms in total. The second-order valence-electron chi connectivity index (χ2n) is 8.55. The lowest BCUT2D eigenvalue weighted by atomic mass is 10.0. The Morgan fingerprint density at radius 1 is 0.886 bits per heavy atom. The third-order valence-corrected chi connectivity index (χ3v) is 6.03. The van der Waals surface area contributed by atoms with E-state index in [2.05, 4.69) is 5.32 Å². The van der Waals surface area contributed by atoms with E-state index in [0.717, 1.165) is 21.9 Å². The lowest BCUT2D eigenvalue weighted by Gasteiger charge is -2.20. The first-order chi connectivity index (χ1) is 17.0. The van der Waals surface area contributed by atoms with Crippen LogP contribution in [0.4, 0.5) is 0 Å². The first-order valence-electron chi connectivity index (χ1n) is 11.8. The minimum atomic E-state index is -0.554. The highest BCUT2D eigenvalue weighted by Crippen LogP contribution is 2.20. The van der Waals surface area contributed by atoms with Gasteiger partial charge in [0.2, 0.25) is 5.43 Å². The number of carbonyl (C=O) groups is 2. The fourth-order valence-corrected chi connectivity index (χ4v) is 4.20. The van der Waals surface area contributed by atoms with Crippen LogP contribution in [0.25, 0.3) is 10.8 Å². The van der Waals surface area contributed by atoms with Crippen LogP contribution in [0, 0.1) is 0 Å². The maximum Gasteiger partial charge on any atom is 0.259 e. The fraction of sp³-hybridized carbons (Fsp3) is 0.207. The highest BCUT2D eigenvalue weighted by atomic mass is 16.2. The molecule has 3 aromatic carbocycles. The molecule has 4 rings (SSSR count). The molecular formula is C29H29N3O3. The minimum absolute atomic E-state index is 0.00967. The van der Waals surface area contributed by atoms with Crippen LogP contribution in [-0.4, -0.2) is 34.9 Å². The topological polar surface area (TPSA) is 71.4 Å². The summed E-state index contributed by atoms with van der Waals surface area (Å²) in [5.41, 5.74) is 1.53. The molecule has 2 amide bonds. The van der Waals surface area contributed by atoms with Gasteiger partial charge >= 0.3 is 0 Å². The van der Waals surface area contributed by atoms with Gasteiger partial charge in [0, 0.05) is 39.1 Å². The van der Waals surface area contributed by atoms with E-state index in [1.54, 1.807) is 24.7 Å². The smallest absolute Gasteiger partial charge is 0.259 e. The summed E-state index contributed by atoms with van der Waals surface area (Å²) in [6, 6.07) is 23.9. The van der Waals surface area contributed by atoms with Crippen molar-refractivity contribution in [1.82, 2.24) is 14.8 Å². The third kappa shape index (κ3) is 5.49. The molecule has 4 aromatic rings. The van der Waals surface area contributed by atoms with Gasteiger partial charge in [0.15, 0.2) is 0 Å². The molecule has 0 aliphatic rings. The Balaban J connectivity index is 1.65. The quantitative estimate of drug-likeness (QED) is 0.421. The molecule has 0 radical (unpaired) electrons. The van der Waals surface area contributed by atoms with E-state index in [0.29, 0.717) is 26.1 Å². The number of nitrogens with one attached hydrogen (secondary N) is 1. The summed E-state index contributed by atoms with van der Waals surface area (Å²) in [5.74, 6) is -0.889. The number of nitrogens with zero attached hydrogens (tertiary/aromatic N) is 2. The molecule has 0 unspecified atom stereocenters. The van der Waals surface area contributed by atoms with Crippen LogP contribution in [0.3, 0.4) is 0 Å². The molecule has 6 heteroatoms. The first-order valence-corrected chi connectivity index (χ1v) is 11.8. The summed E-state index contributed by atoms with van der Waals surface area (Å²) in [6.07, 6.45) is 3.81. The van der Waals surface area contributed by atoms with Crippen molar-refractivity contribution in [2.75, 3.05) is 13.6 Å². The number of pyridine rings is 1. The summed E-state index contributed by atoms with van der Waals surface area (Å²) < 4.78 is 1.76. The van der Waals surface area contributed by atoms with E-state index < -0.39 is 17.2 Å². The van der Waals surface area contributed by atoms with Gasteiger partial charge in [-0.3, -0.25) is 14.4 Å². The molecule has 0 aliphatic heterocycles. The highest BCUT2D eigenvalue weighted by Gasteiger charge is 2.22. The van der Waals surface area contributed by atoms with E-state index in [1.165, 1.54) is 11.1 Å². The number of carbonyl (C=O) groups excluding carboxylic acids is 2. The third-order valence-electron chi connectivity index (χ3n) is 6.03. The molecule has 0 aliphatic carbocycles. The maximum absolute atomic E-state index is 13.4. The van der Waals surface area contributed by atoms with Gasteiger partial charge in [0.05, 0.1) is 0 Å². The molecule has 1 aromatic heterocycles. The van der Waals surface area contributed by atoms with Crippen molar-refractivity contribution in [2.24, 2.45) is 0 Å². The second-order valence-corrected chi connectivity index (χ2v) is 8.55. The Kier molecular flexibility index (Phi) is 7.41. The lowest BCUT2D eigenvalue weighted by molar-refractivity contribution is 0.0783. The summed E-state index contributed by atoms with van der Waals surface area (Å²) in [6.45, 7) is 3.05. The van der Waals surface area contributed by atoms with Gasteiger partial charge in [0.25, 0.3) is 11.8 Å². The number of aryl methyl sites for hydroxylation is 2.